The van der Waals surface area contributed by atoms with E-state index in [0.717, 1.165) is 25.7 Å². The van der Waals surface area contributed by atoms with Gasteiger partial charge in [0.25, 0.3) is 0 Å². The van der Waals surface area contributed by atoms with Crippen LogP contribution in [-0.4, -0.2) is 48.8 Å². The van der Waals surface area contributed by atoms with E-state index in [-0.39, 0.29) is 4.75 Å². The van der Waals surface area contributed by atoms with E-state index < -0.39 is 0 Å². The van der Waals surface area contributed by atoms with Gasteiger partial charge in [0.2, 0.25) is 0 Å². The first-order chi connectivity index (χ1) is 10.5. The average Bonchev–Trinajstić information content (AvgIpc) is 2.85. The Morgan fingerprint density at radius 1 is 1.41 bits per heavy atom. The van der Waals surface area contributed by atoms with Gasteiger partial charge in [-0.2, -0.15) is 11.8 Å². The Labute approximate surface area is 139 Å². The lowest BCUT2D eigenvalue weighted by Crippen LogP contribution is -2.72. The molecule has 22 heavy (non-hydrogen) atoms. The smallest absolute Gasteiger partial charge is 0.191 e. The molecule has 5 heteroatoms. The Hall–Kier alpha value is -0.420. The molecule has 3 atom stereocenters. The molecule has 4 nitrogen and oxygen atoms in total. The fraction of sp³-hybridized carbons (Fsp3) is 0.941. The molecule has 2 N–H and O–H groups in total. The highest BCUT2D eigenvalue weighted by Crippen LogP contribution is 2.62. The second kappa shape index (κ2) is 6.23. The number of guanidine groups is 1. The number of rotatable bonds is 5. The molecule has 3 rings (SSSR count). The number of ether oxygens (including phenoxy) is 1. The Morgan fingerprint density at radius 3 is 2.77 bits per heavy atom. The van der Waals surface area contributed by atoms with Crippen LogP contribution in [0.2, 0.25) is 0 Å². The molecule has 3 fully saturated rings. The van der Waals surface area contributed by atoms with E-state index in [9.17, 15) is 0 Å². The molecular formula is C17H31N3OS. The summed E-state index contributed by atoms with van der Waals surface area (Å²) in [6.45, 7) is 9.34. The second-order valence-electron chi connectivity index (χ2n) is 7.61. The summed E-state index contributed by atoms with van der Waals surface area (Å²) >= 11 is 1.87. The minimum absolute atomic E-state index is 0.190. The Morgan fingerprint density at radius 2 is 2.18 bits per heavy atom. The molecule has 2 aliphatic carbocycles. The lowest BCUT2D eigenvalue weighted by atomic mass is 9.46. The molecule has 2 saturated carbocycles. The highest BCUT2D eigenvalue weighted by molar-refractivity contribution is 7.99. The van der Waals surface area contributed by atoms with Gasteiger partial charge >= 0.3 is 0 Å². The molecule has 0 amide bonds. The van der Waals surface area contributed by atoms with Crippen molar-refractivity contribution < 1.29 is 4.74 Å². The van der Waals surface area contributed by atoms with Crippen LogP contribution in [0.4, 0.5) is 0 Å². The van der Waals surface area contributed by atoms with Crippen molar-refractivity contribution in [3.63, 3.8) is 0 Å². The molecule has 0 aromatic carbocycles. The predicted molar refractivity (Wildman–Crippen MR) is 94.6 cm³/mol. The van der Waals surface area contributed by atoms with Crippen molar-refractivity contribution in [1.29, 1.82) is 0 Å². The molecule has 0 radical (unpaired) electrons. The van der Waals surface area contributed by atoms with Crippen molar-refractivity contribution in [2.45, 2.75) is 63.3 Å². The number of thioether (sulfide) groups is 1. The van der Waals surface area contributed by atoms with E-state index in [1.165, 1.54) is 25.7 Å². The summed E-state index contributed by atoms with van der Waals surface area (Å²) in [5.41, 5.74) is 0.409. The van der Waals surface area contributed by atoms with Gasteiger partial charge in [-0.05, 0) is 46.3 Å². The maximum absolute atomic E-state index is 6.01. The van der Waals surface area contributed by atoms with Crippen LogP contribution in [0.25, 0.3) is 0 Å². The summed E-state index contributed by atoms with van der Waals surface area (Å²) in [5, 5.41) is 7.20. The summed E-state index contributed by atoms with van der Waals surface area (Å²) in [5.74, 6) is 1.68. The molecule has 1 heterocycles. The zero-order valence-electron chi connectivity index (χ0n) is 14.4. The maximum atomic E-state index is 6.01. The van der Waals surface area contributed by atoms with Crippen LogP contribution < -0.4 is 10.6 Å². The van der Waals surface area contributed by atoms with Crippen molar-refractivity contribution in [1.82, 2.24) is 10.6 Å². The lowest BCUT2D eigenvalue weighted by Gasteiger charge is -2.63. The summed E-state index contributed by atoms with van der Waals surface area (Å²) in [6, 6.07) is 0.559. The fourth-order valence-electron chi connectivity index (χ4n) is 4.26. The van der Waals surface area contributed by atoms with Gasteiger partial charge in [0.05, 0.1) is 12.6 Å². The van der Waals surface area contributed by atoms with Crippen LogP contribution in [0.5, 0.6) is 0 Å². The molecule has 1 spiro atoms. The molecule has 0 aromatic rings. The largest absolute Gasteiger partial charge is 0.377 e. The van der Waals surface area contributed by atoms with Crippen molar-refractivity contribution in [2.24, 2.45) is 16.3 Å². The SMILES string of the molecule is CCNC(=NCC(C)(C)SC)NC1C2CCOC2C12CCC2. The topological polar surface area (TPSA) is 45.7 Å². The van der Waals surface area contributed by atoms with Gasteiger partial charge in [0.15, 0.2) is 5.96 Å². The van der Waals surface area contributed by atoms with Crippen LogP contribution in [0.1, 0.15) is 46.5 Å². The van der Waals surface area contributed by atoms with Gasteiger partial charge in [-0.3, -0.25) is 4.99 Å². The van der Waals surface area contributed by atoms with Crippen molar-refractivity contribution >= 4 is 17.7 Å². The Kier molecular flexibility index (Phi) is 4.66. The van der Waals surface area contributed by atoms with Crippen molar-refractivity contribution in [2.75, 3.05) is 26.0 Å². The van der Waals surface area contributed by atoms with Gasteiger partial charge in [0, 0.05) is 35.3 Å². The van der Waals surface area contributed by atoms with E-state index in [1.807, 2.05) is 11.8 Å². The first-order valence-electron chi connectivity index (χ1n) is 8.74. The minimum Gasteiger partial charge on any atom is -0.377 e. The van der Waals surface area contributed by atoms with E-state index >= 15 is 0 Å². The van der Waals surface area contributed by atoms with Gasteiger partial charge < -0.3 is 15.4 Å². The van der Waals surface area contributed by atoms with E-state index in [4.69, 9.17) is 9.73 Å². The molecule has 126 valence electrons. The standard InChI is InChI=1S/C17H31N3OS/c1-5-18-15(19-11-16(2,3)22-4)20-13-12-7-10-21-14(12)17(13)8-6-9-17/h12-14H,5-11H2,1-4H3,(H2,18,19,20). The van der Waals surface area contributed by atoms with Gasteiger partial charge in [-0.1, -0.05) is 6.42 Å². The number of aliphatic imine (C=N–C) groups is 1. The number of fused-ring (bicyclic) bond motifs is 2. The van der Waals surface area contributed by atoms with Crippen LogP contribution >= 0.6 is 11.8 Å². The van der Waals surface area contributed by atoms with E-state index in [0.29, 0.717) is 23.5 Å². The third-order valence-corrected chi connectivity index (χ3v) is 7.08. The monoisotopic (exact) mass is 325 g/mol. The molecule has 1 aliphatic heterocycles. The average molecular weight is 326 g/mol. The molecule has 3 unspecified atom stereocenters. The van der Waals surface area contributed by atoms with Crippen LogP contribution in [0, 0.1) is 11.3 Å². The van der Waals surface area contributed by atoms with Crippen LogP contribution in [-0.2, 0) is 4.74 Å². The molecule has 3 aliphatic rings. The van der Waals surface area contributed by atoms with Gasteiger partial charge in [-0.25, -0.2) is 0 Å². The number of hydrogen-bond acceptors (Lipinski definition) is 3. The summed E-state index contributed by atoms with van der Waals surface area (Å²) in [6.07, 6.45) is 7.89. The zero-order chi connectivity index (χ0) is 15.8. The predicted octanol–water partition coefficient (Wildman–Crippen LogP) is 2.64. The Balaban J connectivity index is 1.67. The molecule has 0 bridgehead atoms. The lowest BCUT2D eigenvalue weighted by molar-refractivity contribution is -0.171. The second-order valence-corrected chi connectivity index (χ2v) is 9.13. The molecule has 0 aromatic heterocycles. The summed E-state index contributed by atoms with van der Waals surface area (Å²) in [4.78, 5) is 4.85. The first kappa shape index (κ1) is 16.4. The van der Waals surface area contributed by atoms with Gasteiger partial charge in [0.1, 0.15) is 0 Å². The zero-order valence-corrected chi connectivity index (χ0v) is 15.3. The fourth-order valence-corrected chi connectivity index (χ4v) is 4.45. The Bertz CT molecular complexity index is 434. The number of nitrogens with zero attached hydrogens (tertiary/aromatic N) is 1. The molecular weight excluding hydrogens is 294 g/mol. The highest BCUT2D eigenvalue weighted by Gasteiger charge is 2.66. The van der Waals surface area contributed by atoms with E-state index in [1.54, 1.807) is 0 Å². The van der Waals surface area contributed by atoms with Crippen molar-refractivity contribution in [3.05, 3.63) is 0 Å². The minimum atomic E-state index is 0.190. The van der Waals surface area contributed by atoms with Crippen LogP contribution in [0.15, 0.2) is 4.99 Å². The normalized spacial score (nSPS) is 33.1. The quantitative estimate of drug-likeness (QED) is 0.602. The molecule has 1 saturated heterocycles. The highest BCUT2D eigenvalue weighted by atomic mass is 32.2. The first-order valence-corrected chi connectivity index (χ1v) is 9.96. The number of hydrogen-bond donors (Lipinski definition) is 2. The summed E-state index contributed by atoms with van der Waals surface area (Å²) < 4.78 is 6.20. The number of nitrogens with one attached hydrogen (secondary N) is 2. The van der Waals surface area contributed by atoms with E-state index in [2.05, 4.69) is 37.7 Å². The summed E-state index contributed by atoms with van der Waals surface area (Å²) in [7, 11) is 0. The van der Waals surface area contributed by atoms with Crippen molar-refractivity contribution in [3.8, 4) is 0 Å². The third kappa shape index (κ3) is 2.75. The van der Waals surface area contributed by atoms with Crippen LogP contribution in [0.3, 0.4) is 0 Å². The third-order valence-electron chi connectivity index (χ3n) is 5.84. The van der Waals surface area contributed by atoms with Gasteiger partial charge in [-0.15, -0.1) is 0 Å². The maximum Gasteiger partial charge on any atom is 0.191 e.